The van der Waals surface area contributed by atoms with Gasteiger partial charge in [-0.1, -0.05) is 18.9 Å². The standard InChI is InChI=1S/C22H33N3OS/c1-15(23-11-12-27-4)17-7-5-6-8-18(13-17)19-9-10-20-21(14-19)24-16(2)25(3)22(20)26/h9-10,14-15,17-18,23H,5-8,11-13H2,1-4H3. The van der Waals surface area contributed by atoms with Gasteiger partial charge in [0.1, 0.15) is 5.82 Å². The topological polar surface area (TPSA) is 46.9 Å². The quantitative estimate of drug-likeness (QED) is 0.595. The van der Waals surface area contributed by atoms with Gasteiger partial charge in [0.2, 0.25) is 0 Å². The minimum absolute atomic E-state index is 0.0504. The van der Waals surface area contributed by atoms with Crippen molar-refractivity contribution in [2.24, 2.45) is 13.0 Å². The third kappa shape index (κ3) is 4.75. The second kappa shape index (κ2) is 9.24. The molecule has 0 radical (unpaired) electrons. The molecule has 1 N–H and O–H groups in total. The van der Waals surface area contributed by atoms with Crippen molar-refractivity contribution in [2.45, 2.75) is 57.9 Å². The van der Waals surface area contributed by atoms with Crippen LogP contribution in [0.25, 0.3) is 10.9 Å². The molecule has 1 fully saturated rings. The van der Waals surface area contributed by atoms with Crippen LogP contribution in [0.5, 0.6) is 0 Å². The number of aromatic nitrogens is 2. The molecular formula is C22H33N3OS. The average molecular weight is 388 g/mol. The van der Waals surface area contributed by atoms with Gasteiger partial charge in [-0.2, -0.15) is 11.8 Å². The van der Waals surface area contributed by atoms with E-state index < -0.39 is 0 Å². The van der Waals surface area contributed by atoms with Crippen molar-refractivity contribution >= 4 is 22.7 Å². The monoisotopic (exact) mass is 387 g/mol. The molecule has 27 heavy (non-hydrogen) atoms. The van der Waals surface area contributed by atoms with E-state index >= 15 is 0 Å². The van der Waals surface area contributed by atoms with Gasteiger partial charge < -0.3 is 5.32 Å². The fraction of sp³-hybridized carbons (Fsp3) is 0.636. The minimum atomic E-state index is 0.0504. The molecule has 0 aliphatic heterocycles. The third-order valence-corrected chi connectivity index (χ3v) is 6.85. The predicted molar refractivity (Wildman–Crippen MR) is 117 cm³/mol. The lowest BCUT2D eigenvalue weighted by Gasteiger charge is -2.27. The van der Waals surface area contributed by atoms with E-state index in [9.17, 15) is 4.79 Å². The minimum Gasteiger partial charge on any atom is -0.313 e. The van der Waals surface area contributed by atoms with Crippen molar-refractivity contribution in [1.82, 2.24) is 14.9 Å². The maximum Gasteiger partial charge on any atom is 0.261 e. The van der Waals surface area contributed by atoms with Crippen molar-refractivity contribution in [3.8, 4) is 0 Å². The molecule has 0 amide bonds. The summed E-state index contributed by atoms with van der Waals surface area (Å²) in [6.07, 6.45) is 8.55. The predicted octanol–water partition coefficient (Wildman–Crippen LogP) is 4.25. The molecule has 1 aromatic heterocycles. The maximum absolute atomic E-state index is 12.5. The molecule has 1 aromatic carbocycles. The summed E-state index contributed by atoms with van der Waals surface area (Å²) in [5.74, 6) is 3.23. The molecule has 1 aliphatic rings. The highest BCUT2D eigenvalue weighted by Crippen LogP contribution is 2.36. The Hall–Kier alpha value is -1.33. The maximum atomic E-state index is 12.5. The van der Waals surface area contributed by atoms with Crippen LogP contribution in [0.4, 0.5) is 0 Å². The SMILES string of the molecule is CSCCNC(C)C1CCCCC(c2ccc3c(=O)n(C)c(C)nc3c2)C1. The summed E-state index contributed by atoms with van der Waals surface area (Å²) in [6.45, 7) is 5.34. The highest BCUT2D eigenvalue weighted by molar-refractivity contribution is 7.98. The van der Waals surface area contributed by atoms with Crippen LogP contribution in [-0.2, 0) is 7.05 Å². The van der Waals surface area contributed by atoms with Crippen molar-refractivity contribution in [3.63, 3.8) is 0 Å². The van der Waals surface area contributed by atoms with Crippen LogP contribution in [-0.4, -0.2) is 34.1 Å². The van der Waals surface area contributed by atoms with E-state index in [-0.39, 0.29) is 5.56 Å². The second-order valence-corrected chi connectivity index (χ2v) is 9.00. The van der Waals surface area contributed by atoms with Crippen LogP contribution in [0.2, 0.25) is 0 Å². The molecule has 148 valence electrons. The van der Waals surface area contributed by atoms with Gasteiger partial charge in [-0.25, -0.2) is 4.98 Å². The smallest absolute Gasteiger partial charge is 0.261 e. The zero-order chi connectivity index (χ0) is 19.4. The number of nitrogens with zero attached hydrogens (tertiary/aromatic N) is 2. The van der Waals surface area contributed by atoms with Crippen LogP contribution < -0.4 is 10.9 Å². The lowest BCUT2D eigenvalue weighted by molar-refractivity contribution is 0.331. The Morgan fingerprint density at radius 2 is 2.11 bits per heavy atom. The second-order valence-electron chi connectivity index (χ2n) is 8.01. The summed E-state index contributed by atoms with van der Waals surface area (Å²) in [4.78, 5) is 17.1. The summed E-state index contributed by atoms with van der Waals surface area (Å²) >= 11 is 1.90. The molecule has 2 aromatic rings. The normalized spacial score (nSPS) is 21.9. The largest absolute Gasteiger partial charge is 0.313 e. The van der Waals surface area contributed by atoms with Gasteiger partial charge in [-0.05, 0) is 68.9 Å². The molecule has 1 saturated carbocycles. The molecule has 3 rings (SSSR count). The molecule has 1 aliphatic carbocycles. The fourth-order valence-corrected chi connectivity index (χ4v) is 4.69. The van der Waals surface area contributed by atoms with E-state index in [1.165, 1.54) is 43.4 Å². The Labute approximate surface area is 167 Å². The Morgan fingerprint density at radius 1 is 1.33 bits per heavy atom. The Kier molecular flexibility index (Phi) is 6.99. The van der Waals surface area contributed by atoms with E-state index in [1.54, 1.807) is 11.6 Å². The zero-order valence-corrected chi connectivity index (χ0v) is 17.9. The van der Waals surface area contributed by atoms with Gasteiger partial charge in [0.15, 0.2) is 0 Å². The number of nitrogens with one attached hydrogen (secondary N) is 1. The van der Waals surface area contributed by atoms with Crippen LogP contribution in [0, 0.1) is 12.8 Å². The summed E-state index contributed by atoms with van der Waals surface area (Å²) < 4.78 is 1.63. The molecule has 0 saturated heterocycles. The van der Waals surface area contributed by atoms with Crippen molar-refractivity contribution < 1.29 is 0 Å². The van der Waals surface area contributed by atoms with E-state index in [0.29, 0.717) is 17.9 Å². The number of aryl methyl sites for hydroxylation is 1. The molecule has 1 heterocycles. The average Bonchev–Trinajstić information content (AvgIpc) is 2.92. The van der Waals surface area contributed by atoms with Crippen molar-refractivity contribution in [3.05, 3.63) is 39.9 Å². The van der Waals surface area contributed by atoms with Crippen molar-refractivity contribution in [2.75, 3.05) is 18.6 Å². The van der Waals surface area contributed by atoms with Gasteiger partial charge in [0, 0.05) is 25.4 Å². The molecule has 5 heteroatoms. The molecule has 3 atom stereocenters. The number of hydrogen-bond acceptors (Lipinski definition) is 4. The first kappa shape index (κ1) is 20.4. The first-order chi connectivity index (χ1) is 13.0. The highest BCUT2D eigenvalue weighted by atomic mass is 32.2. The van der Waals surface area contributed by atoms with Gasteiger partial charge in [-0.15, -0.1) is 0 Å². The van der Waals surface area contributed by atoms with Crippen LogP contribution in [0.3, 0.4) is 0 Å². The zero-order valence-electron chi connectivity index (χ0n) is 17.1. The lowest BCUT2D eigenvalue weighted by atomic mass is 9.84. The lowest BCUT2D eigenvalue weighted by Crippen LogP contribution is -2.35. The molecule has 4 nitrogen and oxygen atoms in total. The third-order valence-electron chi connectivity index (χ3n) is 6.24. The summed E-state index contributed by atoms with van der Waals surface area (Å²) in [7, 11) is 1.79. The summed E-state index contributed by atoms with van der Waals surface area (Å²) in [6, 6.07) is 6.88. The number of rotatable bonds is 6. The Bertz CT molecular complexity index is 832. The van der Waals surface area contributed by atoms with E-state index in [2.05, 4.69) is 35.6 Å². The Morgan fingerprint density at radius 3 is 2.89 bits per heavy atom. The van der Waals surface area contributed by atoms with Gasteiger partial charge in [-0.3, -0.25) is 9.36 Å². The van der Waals surface area contributed by atoms with Gasteiger partial charge in [0.25, 0.3) is 5.56 Å². The Balaban J connectivity index is 1.81. The van der Waals surface area contributed by atoms with E-state index in [4.69, 9.17) is 0 Å². The first-order valence-corrected chi connectivity index (χ1v) is 11.6. The van der Waals surface area contributed by atoms with Crippen LogP contribution >= 0.6 is 11.8 Å². The number of fused-ring (bicyclic) bond motifs is 1. The number of thioether (sulfide) groups is 1. The van der Waals surface area contributed by atoms with E-state index in [1.807, 2.05) is 24.8 Å². The van der Waals surface area contributed by atoms with E-state index in [0.717, 1.165) is 23.3 Å². The highest BCUT2D eigenvalue weighted by Gasteiger charge is 2.25. The van der Waals surface area contributed by atoms with Crippen molar-refractivity contribution in [1.29, 1.82) is 0 Å². The summed E-state index contributed by atoms with van der Waals surface area (Å²) in [5, 5.41) is 4.45. The fourth-order valence-electron chi connectivity index (χ4n) is 4.36. The summed E-state index contributed by atoms with van der Waals surface area (Å²) in [5.41, 5.74) is 2.25. The molecule has 0 spiro atoms. The number of hydrogen-bond donors (Lipinski definition) is 1. The molecule has 3 unspecified atom stereocenters. The van der Waals surface area contributed by atoms with Gasteiger partial charge >= 0.3 is 0 Å². The first-order valence-electron chi connectivity index (χ1n) is 10.2. The van der Waals surface area contributed by atoms with Gasteiger partial charge in [0.05, 0.1) is 10.9 Å². The number of benzene rings is 1. The molecule has 0 bridgehead atoms. The van der Waals surface area contributed by atoms with Crippen LogP contribution in [0.15, 0.2) is 23.0 Å². The van der Waals surface area contributed by atoms with Crippen LogP contribution in [0.1, 0.15) is 56.3 Å². The molecular weight excluding hydrogens is 354 g/mol.